The molecule has 0 atom stereocenters. The number of nitrogens with zero attached hydrogens (tertiary/aromatic N) is 1. The molecule has 1 fully saturated rings. The lowest BCUT2D eigenvalue weighted by molar-refractivity contribution is -0.0156. The van der Waals surface area contributed by atoms with Crippen LogP contribution in [0.1, 0.15) is 37.2 Å². The number of aromatic nitrogens is 2. The standard InChI is InChI=1S/C10H17N3O/c1-14-10(4-2-3-5-10)9-12-7-8(6-11)13-9/h7H,2-6,11H2,1H3,(H,12,13). The Morgan fingerprint density at radius 2 is 2.29 bits per heavy atom. The van der Waals surface area contributed by atoms with E-state index in [0.717, 1.165) is 24.4 Å². The van der Waals surface area contributed by atoms with Crippen LogP contribution in [0.25, 0.3) is 0 Å². The van der Waals surface area contributed by atoms with Gasteiger partial charge in [-0.05, 0) is 25.7 Å². The number of nitrogens with one attached hydrogen (secondary N) is 1. The van der Waals surface area contributed by atoms with Crippen LogP contribution in [0.15, 0.2) is 6.20 Å². The largest absolute Gasteiger partial charge is 0.370 e. The van der Waals surface area contributed by atoms with Crippen molar-refractivity contribution in [1.82, 2.24) is 9.97 Å². The zero-order valence-corrected chi connectivity index (χ0v) is 8.55. The predicted octanol–water partition coefficient (Wildman–Crippen LogP) is 1.28. The molecule has 1 aliphatic carbocycles. The summed E-state index contributed by atoms with van der Waals surface area (Å²) in [4.78, 5) is 7.59. The van der Waals surface area contributed by atoms with Crippen LogP contribution in [0.4, 0.5) is 0 Å². The third-order valence-corrected chi connectivity index (χ3v) is 3.08. The fourth-order valence-electron chi connectivity index (χ4n) is 2.18. The summed E-state index contributed by atoms with van der Waals surface area (Å²) in [5.41, 5.74) is 6.34. The lowest BCUT2D eigenvalue weighted by atomic mass is 10.0. The van der Waals surface area contributed by atoms with Gasteiger partial charge < -0.3 is 15.5 Å². The van der Waals surface area contributed by atoms with E-state index in [1.54, 1.807) is 13.3 Å². The first-order valence-corrected chi connectivity index (χ1v) is 5.10. The molecule has 2 rings (SSSR count). The highest BCUT2D eigenvalue weighted by Gasteiger charge is 2.38. The minimum absolute atomic E-state index is 0.173. The Kier molecular flexibility index (Phi) is 2.56. The molecule has 1 saturated carbocycles. The van der Waals surface area contributed by atoms with Gasteiger partial charge in [0, 0.05) is 25.5 Å². The number of nitrogens with two attached hydrogens (primary N) is 1. The maximum absolute atomic E-state index is 5.61. The molecule has 14 heavy (non-hydrogen) atoms. The van der Waals surface area contributed by atoms with Crippen molar-refractivity contribution in [3.8, 4) is 0 Å². The highest BCUT2D eigenvalue weighted by Crippen LogP contribution is 2.39. The molecule has 0 saturated heterocycles. The Morgan fingerprint density at radius 3 is 2.79 bits per heavy atom. The van der Waals surface area contributed by atoms with Gasteiger partial charge in [0.15, 0.2) is 0 Å². The summed E-state index contributed by atoms with van der Waals surface area (Å²) < 4.78 is 5.61. The van der Waals surface area contributed by atoms with Crippen molar-refractivity contribution in [2.24, 2.45) is 5.73 Å². The molecule has 1 aromatic heterocycles. The monoisotopic (exact) mass is 195 g/mol. The maximum Gasteiger partial charge on any atom is 0.138 e. The second kappa shape index (κ2) is 3.71. The number of H-pyrrole nitrogens is 1. The summed E-state index contributed by atoms with van der Waals surface area (Å²) in [6.45, 7) is 0.507. The molecule has 1 heterocycles. The van der Waals surface area contributed by atoms with Crippen LogP contribution < -0.4 is 5.73 Å². The van der Waals surface area contributed by atoms with Crippen LogP contribution >= 0.6 is 0 Å². The van der Waals surface area contributed by atoms with Crippen LogP contribution in [-0.4, -0.2) is 17.1 Å². The molecule has 3 N–H and O–H groups in total. The Labute approximate surface area is 83.9 Å². The number of aromatic amines is 1. The number of ether oxygens (including phenoxy) is 1. The topological polar surface area (TPSA) is 63.9 Å². The van der Waals surface area contributed by atoms with E-state index >= 15 is 0 Å². The van der Waals surface area contributed by atoms with E-state index in [-0.39, 0.29) is 5.60 Å². The van der Waals surface area contributed by atoms with E-state index in [9.17, 15) is 0 Å². The molecule has 1 aliphatic rings. The number of methoxy groups -OCH3 is 1. The highest BCUT2D eigenvalue weighted by atomic mass is 16.5. The van der Waals surface area contributed by atoms with Gasteiger partial charge in [-0.3, -0.25) is 0 Å². The minimum atomic E-state index is -0.173. The van der Waals surface area contributed by atoms with E-state index in [1.807, 2.05) is 0 Å². The lowest BCUT2D eigenvalue weighted by Crippen LogP contribution is -2.26. The fourth-order valence-corrected chi connectivity index (χ4v) is 2.18. The van der Waals surface area contributed by atoms with Gasteiger partial charge in [-0.2, -0.15) is 0 Å². The normalized spacial score (nSPS) is 20.1. The number of imidazole rings is 1. The summed E-state index contributed by atoms with van der Waals surface area (Å²) in [6.07, 6.45) is 6.34. The van der Waals surface area contributed by atoms with Crippen molar-refractivity contribution in [3.63, 3.8) is 0 Å². The summed E-state index contributed by atoms with van der Waals surface area (Å²) in [5.74, 6) is 0.943. The molecule has 0 bridgehead atoms. The van der Waals surface area contributed by atoms with Crippen molar-refractivity contribution in [2.75, 3.05) is 7.11 Å². The average molecular weight is 195 g/mol. The van der Waals surface area contributed by atoms with E-state index < -0.39 is 0 Å². The number of rotatable bonds is 3. The summed E-state index contributed by atoms with van der Waals surface area (Å²) >= 11 is 0. The fraction of sp³-hybridized carbons (Fsp3) is 0.700. The van der Waals surface area contributed by atoms with Crippen LogP contribution in [0.5, 0.6) is 0 Å². The lowest BCUT2D eigenvalue weighted by Gasteiger charge is -2.24. The zero-order valence-electron chi connectivity index (χ0n) is 8.55. The molecule has 1 aromatic rings. The Balaban J connectivity index is 2.26. The minimum Gasteiger partial charge on any atom is -0.370 e. The molecule has 0 spiro atoms. The molecule has 78 valence electrons. The predicted molar refractivity (Wildman–Crippen MR) is 53.6 cm³/mol. The van der Waals surface area contributed by atoms with Crippen molar-refractivity contribution in [2.45, 2.75) is 37.8 Å². The highest BCUT2D eigenvalue weighted by molar-refractivity contribution is 5.10. The third-order valence-electron chi connectivity index (χ3n) is 3.08. The van der Waals surface area contributed by atoms with Crippen LogP contribution in [0, 0.1) is 0 Å². The summed E-state index contributed by atoms with van der Waals surface area (Å²) in [6, 6.07) is 0. The zero-order chi connectivity index (χ0) is 10.0. The Bertz CT molecular complexity index is 302. The molecule has 0 radical (unpaired) electrons. The second-order valence-electron chi connectivity index (χ2n) is 3.87. The molecule has 4 nitrogen and oxygen atoms in total. The number of hydrogen-bond acceptors (Lipinski definition) is 3. The maximum atomic E-state index is 5.61. The average Bonchev–Trinajstić information content (AvgIpc) is 2.87. The van der Waals surface area contributed by atoms with Crippen molar-refractivity contribution in [1.29, 1.82) is 0 Å². The van der Waals surface area contributed by atoms with Gasteiger partial charge in [0.2, 0.25) is 0 Å². The first-order chi connectivity index (χ1) is 6.80. The first-order valence-electron chi connectivity index (χ1n) is 5.10. The van der Waals surface area contributed by atoms with Crippen LogP contribution in [0.3, 0.4) is 0 Å². The second-order valence-corrected chi connectivity index (χ2v) is 3.87. The van der Waals surface area contributed by atoms with E-state index in [1.165, 1.54) is 12.8 Å². The Hall–Kier alpha value is -0.870. The summed E-state index contributed by atoms with van der Waals surface area (Å²) in [5, 5.41) is 0. The van der Waals surface area contributed by atoms with Gasteiger partial charge in [-0.1, -0.05) is 0 Å². The van der Waals surface area contributed by atoms with Crippen molar-refractivity contribution >= 4 is 0 Å². The van der Waals surface area contributed by atoms with Gasteiger partial charge in [0.1, 0.15) is 11.4 Å². The molecule has 0 aliphatic heterocycles. The third kappa shape index (κ3) is 1.44. The van der Waals surface area contributed by atoms with Crippen molar-refractivity contribution < 1.29 is 4.74 Å². The van der Waals surface area contributed by atoms with Crippen LogP contribution in [-0.2, 0) is 16.9 Å². The van der Waals surface area contributed by atoms with Gasteiger partial charge in [0.05, 0.1) is 0 Å². The molecular formula is C10H17N3O. The molecular weight excluding hydrogens is 178 g/mol. The molecule has 0 amide bonds. The smallest absolute Gasteiger partial charge is 0.138 e. The van der Waals surface area contributed by atoms with Crippen LogP contribution in [0.2, 0.25) is 0 Å². The van der Waals surface area contributed by atoms with Gasteiger partial charge in [-0.25, -0.2) is 4.98 Å². The molecule has 4 heteroatoms. The molecule has 0 aromatic carbocycles. The van der Waals surface area contributed by atoms with Gasteiger partial charge >= 0.3 is 0 Å². The SMILES string of the molecule is COC1(c2ncc(CN)[nH]2)CCCC1. The first kappa shape index (κ1) is 9.68. The van der Waals surface area contributed by atoms with Gasteiger partial charge in [0.25, 0.3) is 0 Å². The summed E-state index contributed by atoms with van der Waals surface area (Å²) in [7, 11) is 1.76. The van der Waals surface area contributed by atoms with E-state index in [4.69, 9.17) is 10.5 Å². The van der Waals surface area contributed by atoms with E-state index in [2.05, 4.69) is 9.97 Å². The Morgan fingerprint density at radius 1 is 1.57 bits per heavy atom. The number of hydrogen-bond donors (Lipinski definition) is 2. The quantitative estimate of drug-likeness (QED) is 0.763. The van der Waals surface area contributed by atoms with Crippen molar-refractivity contribution in [3.05, 3.63) is 17.7 Å². The molecule has 0 unspecified atom stereocenters. The van der Waals surface area contributed by atoms with Gasteiger partial charge in [-0.15, -0.1) is 0 Å². The van der Waals surface area contributed by atoms with E-state index in [0.29, 0.717) is 6.54 Å².